The zero-order valence-electron chi connectivity index (χ0n) is 20.5. The minimum atomic E-state index is -4.47. The molecule has 0 unspecified atom stereocenters. The van der Waals surface area contributed by atoms with Gasteiger partial charge in [-0.25, -0.2) is 25.9 Å². The number of nitrogens with one attached hydrogen (secondary N) is 2. The Morgan fingerprint density at radius 3 is 2.31 bits per heavy atom. The molecule has 2 aromatic carbocycles. The lowest BCUT2D eigenvalue weighted by molar-refractivity contribution is -0.137. The summed E-state index contributed by atoms with van der Waals surface area (Å²) < 4.78 is 107. The summed E-state index contributed by atoms with van der Waals surface area (Å²) in [5, 5.41) is 2.42. The van der Waals surface area contributed by atoms with E-state index in [1.807, 2.05) is 0 Å². The molecule has 2 N–H and O–H groups in total. The second kappa shape index (κ2) is 12.3. The number of alkyl halides is 3. The number of nitrogens with zero attached hydrogens (tertiary/aromatic N) is 1. The van der Waals surface area contributed by atoms with Gasteiger partial charge in [-0.15, -0.1) is 0 Å². The van der Waals surface area contributed by atoms with E-state index in [0.717, 1.165) is 28.6 Å². The van der Waals surface area contributed by atoms with Crippen molar-refractivity contribution in [2.45, 2.75) is 42.9 Å². The highest BCUT2D eigenvalue weighted by atomic mass is 35.5. The van der Waals surface area contributed by atoms with Crippen LogP contribution in [0.1, 0.15) is 29.5 Å². The second-order valence-electron chi connectivity index (χ2n) is 8.95. The van der Waals surface area contributed by atoms with Gasteiger partial charge in [0.05, 0.1) is 17.7 Å². The first kappa shape index (κ1) is 31.0. The summed E-state index contributed by atoms with van der Waals surface area (Å²) >= 11 is 5.54. The fourth-order valence-corrected chi connectivity index (χ4v) is 7.19. The highest BCUT2D eigenvalue weighted by molar-refractivity contribution is 7.89. The van der Waals surface area contributed by atoms with E-state index in [4.69, 9.17) is 11.6 Å². The van der Waals surface area contributed by atoms with Crippen molar-refractivity contribution in [3.63, 3.8) is 0 Å². The van der Waals surface area contributed by atoms with Crippen molar-refractivity contribution in [2.24, 2.45) is 0 Å². The van der Waals surface area contributed by atoms with Gasteiger partial charge < -0.3 is 5.32 Å². The average Bonchev–Trinajstić information content (AvgIpc) is 3.30. The topological polar surface area (TPSA) is 113 Å². The normalized spacial score (nSPS) is 16.8. The molecule has 1 atom stereocenters. The Morgan fingerprint density at radius 1 is 1.08 bits per heavy atom. The van der Waals surface area contributed by atoms with Gasteiger partial charge in [0.25, 0.3) is 0 Å². The van der Waals surface area contributed by atoms with Gasteiger partial charge >= 0.3 is 6.18 Å². The van der Waals surface area contributed by atoms with E-state index in [0.29, 0.717) is 18.4 Å². The van der Waals surface area contributed by atoms with E-state index >= 15 is 0 Å². The minimum absolute atomic E-state index is 0.0506. The molecule has 0 aromatic heterocycles. The third-order valence-corrected chi connectivity index (χ3v) is 9.54. The number of sulfonamides is 2. The highest BCUT2D eigenvalue weighted by Gasteiger charge is 2.37. The Morgan fingerprint density at radius 2 is 1.72 bits per heavy atom. The number of carbonyl (C=O) groups excluding carboxylic acids is 1. The van der Waals surface area contributed by atoms with Crippen LogP contribution in [0, 0.1) is 5.82 Å². The Balaban J connectivity index is 1.62. The van der Waals surface area contributed by atoms with Crippen LogP contribution in [0.2, 0.25) is 0 Å². The lowest BCUT2D eigenvalue weighted by atomic mass is 10.1. The molecule has 15 heteroatoms. The molecular weight excluding hydrogens is 586 g/mol. The van der Waals surface area contributed by atoms with Gasteiger partial charge in [-0.2, -0.15) is 17.5 Å². The maximum atomic E-state index is 14.9. The fraction of sp³-hybridized carbons (Fsp3) is 0.375. The molecule has 1 aliphatic rings. The predicted octanol–water partition coefficient (Wildman–Crippen LogP) is 3.53. The lowest BCUT2D eigenvalue weighted by Crippen LogP contribution is -2.43. The van der Waals surface area contributed by atoms with Crippen molar-refractivity contribution in [2.75, 3.05) is 18.8 Å². The highest BCUT2D eigenvalue weighted by Crippen LogP contribution is 2.29. The third kappa shape index (κ3) is 8.48. The van der Waals surface area contributed by atoms with Gasteiger partial charge in [-0.05, 0) is 48.2 Å². The van der Waals surface area contributed by atoms with E-state index in [1.54, 1.807) is 0 Å². The zero-order valence-corrected chi connectivity index (χ0v) is 22.9. The summed E-state index contributed by atoms with van der Waals surface area (Å²) in [6.45, 7) is 3.13. The Bertz CT molecular complexity index is 1430. The molecule has 1 saturated heterocycles. The molecule has 0 saturated carbocycles. The van der Waals surface area contributed by atoms with Crippen LogP contribution in [0.5, 0.6) is 0 Å². The third-order valence-electron chi connectivity index (χ3n) is 5.93. The first-order valence-corrected chi connectivity index (χ1v) is 15.1. The lowest BCUT2D eigenvalue weighted by Gasteiger charge is -2.24. The Hall–Kier alpha value is -2.52. The summed E-state index contributed by atoms with van der Waals surface area (Å²) in [5.74, 6) is -2.15. The number of rotatable bonds is 11. The van der Waals surface area contributed by atoms with Crippen molar-refractivity contribution in [3.8, 4) is 0 Å². The summed E-state index contributed by atoms with van der Waals surface area (Å²) in [7, 11) is -8.13. The van der Waals surface area contributed by atoms with E-state index in [1.165, 1.54) is 18.2 Å². The molecule has 0 bridgehead atoms. The summed E-state index contributed by atoms with van der Waals surface area (Å²) in [6, 6.07) is 6.77. The molecular formula is C24H26ClF4N3O5S2. The molecule has 0 radical (unpaired) electrons. The molecule has 1 fully saturated rings. The standard InChI is InChI=1S/C24H26ClF4N3O5S2/c1-16(25)15-38(34,35)31-14-20-3-2-10-32(20)39(36,37)22-9-6-18(11-21(22)26)12-23(33)30-13-17-4-7-19(8-5-17)24(27,28)29/h4-9,11,20,31H,1-3,10,12-15H2,(H,30,33)/t20-/m0/s1. The Labute approximate surface area is 229 Å². The van der Waals surface area contributed by atoms with Crippen LogP contribution in [-0.2, 0) is 44.0 Å². The number of benzene rings is 2. The van der Waals surface area contributed by atoms with Crippen molar-refractivity contribution in [1.29, 1.82) is 0 Å². The second-order valence-corrected chi connectivity index (χ2v) is 13.1. The Kier molecular flexibility index (Phi) is 9.81. The number of amides is 1. The molecule has 1 heterocycles. The first-order valence-electron chi connectivity index (χ1n) is 11.6. The monoisotopic (exact) mass is 611 g/mol. The first-order chi connectivity index (χ1) is 18.1. The molecule has 0 aliphatic carbocycles. The summed E-state index contributed by atoms with van der Waals surface area (Å²) in [4.78, 5) is 11.7. The van der Waals surface area contributed by atoms with Crippen LogP contribution < -0.4 is 10.0 Å². The molecule has 1 aliphatic heterocycles. The van der Waals surface area contributed by atoms with Gasteiger partial charge in [0, 0.05) is 30.7 Å². The fourth-order valence-electron chi connectivity index (χ4n) is 4.06. The molecule has 1 amide bonds. The van der Waals surface area contributed by atoms with Crippen molar-refractivity contribution < 1.29 is 39.2 Å². The number of hydrogen-bond donors (Lipinski definition) is 2. The van der Waals surface area contributed by atoms with Crippen molar-refractivity contribution in [3.05, 3.63) is 76.6 Å². The van der Waals surface area contributed by atoms with Crippen LogP contribution in [0.3, 0.4) is 0 Å². The average molecular weight is 612 g/mol. The van der Waals surface area contributed by atoms with Crippen LogP contribution in [0.4, 0.5) is 17.6 Å². The van der Waals surface area contributed by atoms with Gasteiger partial charge in [-0.1, -0.05) is 36.4 Å². The number of hydrogen-bond acceptors (Lipinski definition) is 5. The van der Waals surface area contributed by atoms with Crippen LogP contribution in [0.15, 0.2) is 59.0 Å². The van der Waals surface area contributed by atoms with Gasteiger partial charge in [-0.3, -0.25) is 4.79 Å². The summed E-state index contributed by atoms with van der Waals surface area (Å²) in [6.07, 6.45) is -3.95. The van der Waals surface area contributed by atoms with Gasteiger partial charge in [0.15, 0.2) is 0 Å². The maximum absolute atomic E-state index is 14.9. The van der Waals surface area contributed by atoms with Crippen LogP contribution in [0.25, 0.3) is 0 Å². The quantitative estimate of drug-likeness (QED) is 0.378. The van der Waals surface area contributed by atoms with Gasteiger partial charge in [0.1, 0.15) is 10.7 Å². The SMILES string of the molecule is C=C(Cl)CS(=O)(=O)NC[C@@H]1CCCN1S(=O)(=O)c1ccc(CC(=O)NCc2ccc(C(F)(F)F)cc2)cc1F. The van der Waals surface area contributed by atoms with Crippen molar-refractivity contribution in [1.82, 2.24) is 14.3 Å². The minimum Gasteiger partial charge on any atom is -0.352 e. The molecule has 214 valence electrons. The number of halogens is 5. The van der Waals surface area contributed by atoms with Gasteiger partial charge in [0.2, 0.25) is 26.0 Å². The molecule has 3 rings (SSSR count). The van der Waals surface area contributed by atoms with E-state index in [2.05, 4.69) is 16.6 Å². The van der Waals surface area contributed by atoms with Crippen molar-refractivity contribution >= 4 is 37.6 Å². The van der Waals surface area contributed by atoms with E-state index in [9.17, 15) is 39.2 Å². The number of carbonyl (C=O) groups is 1. The smallest absolute Gasteiger partial charge is 0.352 e. The largest absolute Gasteiger partial charge is 0.416 e. The molecule has 8 nitrogen and oxygen atoms in total. The molecule has 39 heavy (non-hydrogen) atoms. The molecule has 2 aromatic rings. The zero-order chi connectivity index (χ0) is 29.0. The predicted molar refractivity (Wildman–Crippen MR) is 137 cm³/mol. The van der Waals surface area contributed by atoms with Crippen LogP contribution in [-0.4, -0.2) is 51.9 Å². The summed E-state index contributed by atoms with van der Waals surface area (Å²) in [5.41, 5.74) is -0.204. The van der Waals surface area contributed by atoms with E-state index in [-0.39, 0.29) is 36.7 Å². The molecule has 0 spiro atoms. The maximum Gasteiger partial charge on any atom is 0.416 e. The van der Waals surface area contributed by atoms with E-state index < -0.39 is 60.2 Å². The van der Waals surface area contributed by atoms with Crippen LogP contribution >= 0.6 is 11.6 Å².